The molecule has 0 saturated heterocycles. The van der Waals surface area contributed by atoms with Crippen LogP contribution in [0.25, 0.3) is 10.2 Å². The second kappa shape index (κ2) is 3.67. The molecule has 2 aromatic rings. The number of nitrogens with zero attached hydrogens (tertiary/aromatic N) is 1. The first-order valence-electron chi connectivity index (χ1n) is 4.07. The van der Waals surface area contributed by atoms with Crippen molar-refractivity contribution in [3.05, 3.63) is 33.9 Å². The molecule has 1 aromatic heterocycles. The molecule has 1 unspecified atom stereocenters. The molecule has 0 aliphatic rings. The van der Waals surface area contributed by atoms with Crippen molar-refractivity contribution in [1.82, 2.24) is 4.57 Å². The fourth-order valence-corrected chi connectivity index (χ4v) is 2.91. The van der Waals surface area contributed by atoms with E-state index in [0.29, 0.717) is 0 Å². The smallest absolute Gasteiger partial charge is 0.286 e. The average molecular weight is 227 g/mol. The third kappa shape index (κ3) is 1.65. The van der Waals surface area contributed by atoms with Gasteiger partial charge in [-0.2, -0.15) is 0 Å². The van der Waals surface area contributed by atoms with Gasteiger partial charge in [-0.3, -0.25) is 13.6 Å². The number of para-hydroxylation sites is 1. The fourth-order valence-electron chi connectivity index (χ4n) is 1.32. The molecule has 0 aliphatic carbocycles. The Morgan fingerprint density at radius 3 is 2.86 bits per heavy atom. The molecule has 5 heteroatoms. The lowest BCUT2D eigenvalue weighted by atomic mass is 10.3. The van der Waals surface area contributed by atoms with E-state index in [1.54, 1.807) is 10.8 Å². The van der Waals surface area contributed by atoms with Gasteiger partial charge in [-0.05, 0) is 12.1 Å². The highest BCUT2D eigenvalue weighted by Crippen LogP contribution is 2.16. The summed E-state index contributed by atoms with van der Waals surface area (Å²) in [7, 11) is -0.992. The normalized spacial score (nSPS) is 13.2. The highest BCUT2D eigenvalue weighted by Gasteiger charge is 2.06. The molecule has 0 fully saturated rings. The molecule has 0 N–H and O–H groups in total. The van der Waals surface area contributed by atoms with Crippen molar-refractivity contribution in [3.8, 4) is 0 Å². The number of rotatable bonds is 2. The van der Waals surface area contributed by atoms with Gasteiger partial charge in [0.05, 0.1) is 10.2 Å². The summed E-state index contributed by atoms with van der Waals surface area (Å²) in [6.07, 6.45) is 1.60. The number of hydrogen-bond donors (Lipinski definition) is 0. The quantitative estimate of drug-likeness (QED) is 0.778. The molecule has 0 aliphatic heterocycles. The topological polar surface area (TPSA) is 39.1 Å². The van der Waals surface area contributed by atoms with Gasteiger partial charge < -0.3 is 0 Å². The highest BCUT2D eigenvalue weighted by molar-refractivity contribution is 7.83. The van der Waals surface area contributed by atoms with Gasteiger partial charge in [-0.25, -0.2) is 0 Å². The SMILES string of the molecule is CS(=O)Cn1c(=O)sc2ccccc21. The predicted molar refractivity (Wildman–Crippen MR) is 60.2 cm³/mol. The van der Waals surface area contributed by atoms with Gasteiger partial charge in [0.25, 0.3) is 0 Å². The first-order valence-corrected chi connectivity index (χ1v) is 6.61. The lowest BCUT2D eigenvalue weighted by Crippen LogP contribution is -2.15. The Labute approximate surface area is 87.4 Å². The second-order valence-electron chi connectivity index (χ2n) is 2.97. The van der Waals surface area contributed by atoms with Crippen LogP contribution >= 0.6 is 11.3 Å². The Bertz CT molecular complexity index is 541. The zero-order valence-corrected chi connectivity index (χ0v) is 9.23. The van der Waals surface area contributed by atoms with Crippen LogP contribution in [0.1, 0.15) is 0 Å². The number of fused-ring (bicyclic) bond motifs is 1. The number of aromatic nitrogens is 1. The summed E-state index contributed by atoms with van der Waals surface area (Å²) in [5.41, 5.74) is 0.873. The molecule has 0 spiro atoms. The molecule has 1 atom stereocenters. The monoisotopic (exact) mass is 227 g/mol. The molecule has 0 radical (unpaired) electrons. The van der Waals surface area contributed by atoms with Gasteiger partial charge in [0, 0.05) is 17.1 Å². The maximum Gasteiger partial charge on any atom is 0.308 e. The number of benzene rings is 1. The highest BCUT2D eigenvalue weighted by atomic mass is 32.2. The van der Waals surface area contributed by atoms with Crippen molar-refractivity contribution in [2.24, 2.45) is 0 Å². The maximum absolute atomic E-state index is 11.5. The predicted octanol–water partition coefficient (Wildman–Crippen LogP) is 1.40. The van der Waals surface area contributed by atoms with Gasteiger partial charge in [0.1, 0.15) is 5.88 Å². The van der Waals surface area contributed by atoms with Crippen LogP contribution in [0.2, 0.25) is 0 Å². The zero-order valence-electron chi connectivity index (χ0n) is 7.60. The largest absolute Gasteiger partial charge is 0.308 e. The minimum Gasteiger partial charge on any atom is -0.286 e. The number of thiazole rings is 1. The van der Waals surface area contributed by atoms with E-state index >= 15 is 0 Å². The summed E-state index contributed by atoms with van der Waals surface area (Å²) in [5, 5.41) is 0. The van der Waals surface area contributed by atoms with Crippen molar-refractivity contribution in [2.45, 2.75) is 5.88 Å². The molecule has 0 bridgehead atoms. The minimum atomic E-state index is -0.992. The van der Waals surface area contributed by atoms with E-state index < -0.39 is 10.8 Å². The Morgan fingerprint density at radius 2 is 2.14 bits per heavy atom. The van der Waals surface area contributed by atoms with E-state index in [-0.39, 0.29) is 10.7 Å². The summed E-state index contributed by atoms with van der Waals surface area (Å²) < 4.78 is 13.6. The summed E-state index contributed by atoms with van der Waals surface area (Å²) in [6.45, 7) is 0. The van der Waals surface area contributed by atoms with Gasteiger partial charge in [0.2, 0.25) is 0 Å². The molecular weight excluding hydrogens is 218 g/mol. The summed E-state index contributed by atoms with van der Waals surface area (Å²) >= 11 is 1.19. The van der Waals surface area contributed by atoms with Gasteiger partial charge in [-0.1, -0.05) is 23.5 Å². The van der Waals surface area contributed by atoms with E-state index in [0.717, 1.165) is 10.2 Å². The molecular formula is C9H9NO2S2. The molecule has 2 rings (SSSR count). The van der Waals surface area contributed by atoms with E-state index in [2.05, 4.69) is 0 Å². The van der Waals surface area contributed by atoms with Gasteiger partial charge >= 0.3 is 4.87 Å². The first-order chi connectivity index (χ1) is 6.68. The van der Waals surface area contributed by atoms with E-state index in [9.17, 15) is 9.00 Å². The molecule has 3 nitrogen and oxygen atoms in total. The molecule has 74 valence electrons. The van der Waals surface area contributed by atoms with E-state index in [4.69, 9.17) is 0 Å². The Morgan fingerprint density at radius 1 is 1.43 bits per heavy atom. The zero-order chi connectivity index (χ0) is 10.1. The van der Waals surface area contributed by atoms with Crippen molar-refractivity contribution >= 4 is 32.4 Å². The molecule has 14 heavy (non-hydrogen) atoms. The Kier molecular flexibility index (Phi) is 2.52. The average Bonchev–Trinajstić information content (AvgIpc) is 2.43. The van der Waals surface area contributed by atoms with Crippen LogP contribution in [0.3, 0.4) is 0 Å². The standard InChI is InChI=1S/C9H9NO2S2/c1-14(12)6-10-7-4-2-3-5-8(7)13-9(10)11/h2-5H,6H2,1H3. The van der Waals surface area contributed by atoms with Crippen molar-refractivity contribution in [3.63, 3.8) is 0 Å². The van der Waals surface area contributed by atoms with Gasteiger partial charge in [0.15, 0.2) is 0 Å². The maximum atomic E-state index is 11.5. The lowest BCUT2D eigenvalue weighted by Gasteiger charge is -1.99. The van der Waals surface area contributed by atoms with Crippen LogP contribution in [0.15, 0.2) is 29.1 Å². The first kappa shape index (κ1) is 9.61. The summed E-state index contributed by atoms with van der Waals surface area (Å²) in [6, 6.07) is 7.55. The lowest BCUT2D eigenvalue weighted by molar-refractivity contribution is 0.677. The van der Waals surface area contributed by atoms with Crippen LogP contribution < -0.4 is 4.87 Å². The van der Waals surface area contributed by atoms with Crippen LogP contribution in [0.5, 0.6) is 0 Å². The molecule has 0 saturated carbocycles. The van der Waals surface area contributed by atoms with Crippen LogP contribution in [-0.2, 0) is 16.7 Å². The van der Waals surface area contributed by atoms with Crippen molar-refractivity contribution in [1.29, 1.82) is 0 Å². The van der Waals surface area contributed by atoms with E-state index in [1.165, 1.54) is 11.3 Å². The summed E-state index contributed by atoms with van der Waals surface area (Å²) in [4.78, 5) is 11.5. The Hall–Kier alpha value is -0.940. The fraction of sp³-hybridized carbons (Fsp3) is 0.222. The molecule has 0 amide bonds. The van der Waals surface area contributed by atoms with Crippen molar-refractivity contribution in [2.75, 3.05) is 6.26 Å². The van der Waals surface area contributed by atoms with Crippen LogP contribution in [0, 0.1) is 0 Å². The van der Waals surface area contributed by atoms with E-state index in [1.807, 2.05) is 24.3 Å². The van der Waals surface area contributed by atoms with Crippen LogP contribution in [-0.4, -0.2) is 15.0 Å². The second-order valence-corrected chi connectivity index (χ2v) is 5.36. The van der Waals surface area contributed by atoms with Crippen LogP contribution in [0.4, 0.5) is 0 Å². The molecule has 1 heterocycles. The Balaban J connectivity index is 2.68. The summed E-state index contributed by atoms with van der Waals surface area (Å²) in [5.74, 6) is 0.281. The van der Waals surface area contributed by atoms with Gasteiger partial charge in [-0.15, -0.1) is 0 Å². The number of hydrogen-bond acceptors (Lipinski definition) is 3. The third-order valence-corrected chi connectivity index (χ3v) is 3.47. The van der Waals surface area contributed by atoms with Crippen molar-refractivity contribution < 1.29 is 4.21 Å². The third-order valence-electron chi connectivity index (χ3n) is 1.88. The minimum absolute atomic E-state index is 0.0404. The molecule has 1 aromatic carbocycles.